The zero-order valence-corrected chi connectivity index (χ0v) is 12.9. The number of nitrogens with one attached hydrogen (secondary N) is 1. The second-order valence-corrected chi connectivity index (χ2v) is 5.32. The normalized spacial score (nSPS) is 13.2. The predicted molar refractivity (Wildman–Crippen MR) is 83.9 cm³/mol. The molecule has 24 heavy (non-hydrogen) atoms. The molecule has 0 fully saturated rings. The number of hydrazine groups is 1. The summed E-state index contributed by atoms with van der Waals surface area (Å²) in [6, 6.07) is 6.72. The highest BCUT2D eigenvalue weighted by atomic mass is 16.2. The molecule has 3 rings (SSSR count). The third-order valence-corrected chi connectivity index (χ3v) is 3.84. The SMILES string of the molecule is Cc1nc(CCN2C(=O)c3ccccc3C2=O)ncc1C(=O)NN. The molecule has 0 radical (unpaired) electrons. The number of nitrogen functional groups attached to an aromatic ring is 1. The lowest BCUT2D eigenvalue weighted by molar-refractivity contribution is 0.0655. The molecule has 1 aromatic heterocycles. The molecule has 0 saturated heterocycles. The molecule has 1 aliphatic heterocycles. The number of hydrogen-bond acceptors (Lipinski definition) is 6. The van der Waals surface area contributed by atoms with Crippen molar-refractivity contribution in [1.82, 2.24) is 20.3 Å². The summed E-state index contributed by atoms with van der Waals surface area (Å²) >= 11 is 0. The largest absolute Gasteiger partial charge is 0.290 e. The van der Waals surface area contributed by atoms with E-state index in [4.69, 9.17) is 5.84 Å². The van der Waals surface area contributed by atoms with E-state index in [1.165, 1.54) is 11.1 Å². The summed E-state index contributed by atoms with van der Waals surface area (Å²) in [5, 5.41) is 0. The van der Waals surface area contributed by atoms with Crippen LogP contribution in [0.25, 0.3) is 0 Å². The fourth-order valence-electron chi connectivity index (χ4n) is 2.59. The molecule has 0 saturated carbocycles. The summed E-state index contributed by atoms with van der Waals surface area (Å²) in [5.41, 5.74) is 3.60. The van der Waals surface area contributed by atoms with E-state index in [-0.39, 0.29) is 23.9 Å². The number of fused-ring (bicyclic) bond motifs is 1. The van der Waals surface area contributed by atoms with Gasteiger partial charge in [-0.05, 0) is 19.1 Å². The zero-order valence-electron chi connectivity index (χ0n) is 12.9. The van der Waals surface area contributed by atoms with Gasteiger partial charge in [0, 0.05) is 19.2 Å². The molecule has 0 spiro atoms. The average Bonchev–Trinajstić information content (AvgIpc) is 2.84. The molecule has 0 aliphatic carbocycles. The molecule has 0 unspecified atom stereocenters. The van der Waals surface area contributed by atoms with Gasteiger partial charge in [0.1, 0.15) is 5.82 Å². The number of imide groups is 1. The standard InChI is InChI=1S/C16H15N5O3/c1-9-12(14(22)20-17)8-18-13(19-9)6-7-21-15(23)10-4-2-3-5-11(10)16(21)24/h2-5,8H,6-7,17H2,1H3,(H,20,22). The zero-order chi connectivity index (χ0) is 17.3. The van der Waals surface area contributed by atoms with E-state index in [2.05, 4.69) is 9.97 Å². The summed E-state index contributed by atoms with van der Waals surface area (Å²) < 4.78 is 0. The minimum Gasteiger partial charge on any atom is -0.290 e. The van der Waals surface area contributed by atoms with Crippen molar-refractivity contribution in [3.05, 3.63) is 58.7 Å². The Balaban J connectivity index is 1.73. The molecule has 2 aromatic rings. The maximum Gasteiger partial charge on any atom is 0.268 e. The molecule has 8 heteroatoms. The molecule has 1 aliphatic rings. The molecule has 0 atom stereocenters. The number of carbonyl (C=O) groups is 3. The number of benzene rings is 1. The van der Waals surface area contributed by atoms with E-state index in [1.54, 1.807) is 31.2 Å². The number of nitrogens with two attached hydrogens (primary N) is 1. The molecule has 3 amide bonds. The average molecular weight is 325 g/mol. The molecule has 8 nitrogen and oxygen atoms in total. The van der Waals surface area contributed by atoms with Crippen LogP contribution in [-0.2, 0) is 6.42 Å². The van der Waals surface area contributed by atoms with Crippen molar-refractivity contribution in [2.75, 3.05) is 6.54 Å². The van der Waals surface area contributed by atoms with Gasteiger partial charge in [-0.1, -0.05) is 12.1 Å². The van der Waals surface area contributed by atoms with Crippen molar-refractivity contribution < 1.29 is 14.4 Å². The van der Waals surface area contributed by atoms with E-state index in [0.29, 0.717) is 29.1 Å². The lowest BCUT2D eigenvalue weighted by Gasteiger charge is -2.13. The fraction of sp³-hybridized carbons (Fsp3) is 0.188. The van der Waals surface area contributed by atoms with Crippen LogP contribution < -0.4 is 11.3 Å². The number of rotatable bonds is 4. The van der Waals surface area contributed by atoms with Crippen LogP contribution in [-0.4, -0.2) is 39.1 Å². The summed E-state index contributed by atoms with van der Waals surface area (Å²) in [7, 11) is 0. The third-order valence-electron chi connectivity index (χ3n) is 3.84. The van der Waals surface area contributed by atoms with Gasteiger partial charge in [0.05, 0.1) is 22.4 Å². The fourth-order valence-corrected chi connectivity index (χ4v) is 2.59. The quantitative estimate of drug-likeness (QED) is 0.359. The highest BCUT2D eigenvalue weighted by molar-refractivity contribution is 6.21. The first-order chi connectivity index (χ1) is 11.5. The van der Waals surface area contributed by atoms with Crippen molar-refractivity contribution in [2.24, 2.45) is 5.84 Å². The Bertz CT molecular complexity index is 814. The van der Waals surface area contributed by atoms with E-state index >= 15 is 0 Å². The van der Waals surface area contributed by atoms with Gasteiger partial charge < -0.3 is 0 Å². The van der Waals surface area contributed by atoms with Crippen molar-refractivity contribution in [3.63, 3.8) is 0 Å². The van der Waals surface area contributed by atoms with Crippen LogP contribution in [0.3, 0.4) is 0 Å². The van der Waals surface area contributed by atoms with Gasteiger partial charge in [0.2, 0.25) is 0 Å². The van der Waals surface area contributed by atoms with Gasteiger partial charge in [-0.15, -0.1) is 0 Å². The first-order valence-corrected chi connectivity index (χ1v) is 7.31. The molecule has 122 valence electrons. The van der Waals surface area contributed by atoms with Crippen LogP contribution in [0.5, 0.6) is 0 Å². The van der Waals surface area contributed by atoms with Crippen LogP contribution >= 0.6 is 0 Å². The van der Waals surface area contributed by atoms with Crippen LogP contribution in [0.2, 0.25) is 0 Å². The number of hydrogen-bond donors (Lipinski definition) is 2. The Morgan fingerprint density at radius 3 is 2.38 bits per heavy atom. The van der Waals surface area contributed by atoms with Gasteiger partial charge in [-0.25, -0.2) is 15.8 Å². The molecule has 3 N–H and O–H groups in total. The lowest BCUT2D eigenvalue weighted by Crippen LogP contribution is -2.32. The molecular formula is C16H15N5O3. The number of amides is 3. The van der Waals surface area contributed by atoms with E-state index in [1.807, 2.05) is 5.43 Å². The van der Waals surface area contributed by atoms with Gasteiger partial charge in [-0.3, -0.25) is 24.7 Å². The number of aryl methyl sites for hydroxylation is 1. The number of aromatic nitrogens is 2. The summed E-state index contributed by atoms with van der Waals surface area (Å²) in [5.74, 6) is 4.43. The summed E-state index contributed by atoms with van der Waals surface area (Å²) in [4.78, 5) is 45.6. The molecule has 1 aromatic carbocycles. The highest BCUT2D eigenvalue weighted by Crippen LogP contribution is 2.22. The van der Waals surface area contributed by atoms with Gasteiger partial charge >= 0.3 is 0 Å². The smallest absolute Gasteiger partial charge is 0.268 e. The molecule has 0 bridgehead atoms. The Labute approximate surface area is 137 Å². The van der Waals surface area contributed by atoms with E-state index < -0.39 is 5.91 Å². The summed E-state index contributed by atoms with van der Waals surface area (Å²) in [6.45, 7) is 1.84. The number of carbonyl (C=O) groups excluding carboxylic acids is 3. The van der Waals surface area contributed by atoms with Gasteiger partial charge in [0.25, 0.3) is 17.7 Å². The summed E-state index contributed by atoms with van der Waals surface area (Å²) in [6.07, 6.45) is 1.68. The lowest BCUT2D eigenvalue weighted by atomic mass is 10.1. The van der Waals surface area contributed by atoms with Crippen molar-refractivity contribution in [2.45, 2.75) is 13.3 Å². The van der Waals surface area contributed by atoms with Crippen molar-refractivity contribution in [3.8, 4) is 0 Å². The number of nitrogens with zero attached hydrogens (tertiary/aromatic N) is 3. The second-order valence-electron chi connectivity index (χ2n) is 5.32. The first-order valence-electron chi connectivity index (χ1n) is 7.31. The van der Waals surface area contributed by atoms with Crippen LogP contribution in [0, 0.1) is 6.92 Å². The second kappa shape index (κ2) is 6.17. The molecule has 2 heterocycles. The Morgan fingerprint density at radius 2 is 1.83 bits per heavy atom. The minimum atomic E-state index is -0.473. The monoisotopic (exact) mass is 325 g/mol. The van der Waals surface area contributed by atoms with Crippen LogP contribution in [0.1, 0.15) is 42.6 Å². The van der Waals surface area contributed by atoms with E-state index in [0.717, 1.165) is 0 Å². The van der Waals surface area contributed by atoms with Crippen LogP contribution in [0.4, 0.5) is 0 Å². The van der Waals surface area contributed by atoms with Gasteiger partial charge in [-0.2, -0.15) is 0 Å². The first kappa shape index (κ1) is 15.8. The topological polar surface area (TPSA) is 118 Å². The van der Waals surface area contributed by atoms with Gasteiger partial charge in [0.15, 0.2) is 0 Å². The maximum absolute atomic E-state index is 12.3. The highest BCUT2D eigenvalue weighted by Gasteiger charge is 2.34. The third kappa shape index (κ3) is 2.63. The molecular weight excluding hydrogens is 310 g/mol. The maximum atomic E-state index is 12.3. The van der Waals surface area contributed by atoms with Crippen LogP contribution in [0.15, 0.2) is 30.5 Å². The Morgan fingerprint density at radius 1 is 1.21 bits per heavy atom. The Hall–Kier alpha value is -3.13. The van der Waals surface area contributed by atoms with Crippen molar-refractivity contribution >= 4 is 17.7 Å². The predicted octanol–water partition coefficient (Wildman–Crippen LogP) is 0.227. The minimum absolute atomic E-state index is 0.175. The van der Waals surface area contributed by atoms with E-state index in [9.17, 15) is 14.4 Å². The van der Waals surface area contributed by atoms with Crippen molar-refractivity contribution in [1.29, 1.82) is 0 Å². The Kier molecular flexibility index (Phi) is 4.05.